The lowest BCUT2D eigenvalue weighted by atomic mass is 10.2. The minimum absolute atomic E-state index is 0.0538. The summed E-state index contributed by atoms with van der Waals surface area (Å²) in [4.78, 5) is 45.0. The van der Waals surface area contributed by atoms with Gasteiger partial charge in [0.1, 0.15) is 6.17 Å². The number of alkyl halides is 1. The summed E-state index contributed by atoms with van der Waals surface area (Å²) in [5.74, 6) is -0.195. The molecule has 6 atom stereocenters. The lowest BCUT2D eigenvalue weighted by Gasteiger charge is -2.18. The van der Waals surface area contributed by atoms with E-state index in [-0.39, 0.29) is 23.4 Å². The van der Waals surface area contributed by atoms with Crippen LogP contribution in [0.15, 0.2) is 17.1 Å². The Labute approximate surface area is 166 Å². The minimum atomic E-state index is -5.38. The van der Waals surface area contributed by atoms with Crippen molar-refractivity contribution in [3.8, 4) is 0 Å². The minimum Gasteiger partial charge on any atom is -0.369 e. The van der Waals surface area contributed by atoms with Crippen LogP contribution in [0.5, 0.6) is 0 Å². The topological polar surface area (TPSA) is 226 Å². The van der Waals surface area contributed by atoms with Crippen molar-refractivity contribution in [1.82, 2.24) is 14.5 Å². The maximum Gasteiger partial charge on any atom is 0.705 e. The van der Waals surface area contributed by atoms with E-state index in [1.807, 2.05) is 0 Å². The van der Waals surface area contributed by atoms with Crippen LogP contribution >= 0.6 is 23.9 Å². The predicted octanol–water partition coefficient (Wildman–Crippen LogP) is 0.833. The van der Waals surface area contributed by atoms with Crippen molar-refractivity contribution < 1.29 is 50.6 Å². The van der Waals surface area contributed by atoms with Crippen molar-refractivity contribution in [3.05, 3.63) is 22.6 Å². The quantitative estimate of drug-likeness (QED) is 0.323. The van der Waals surface area contributed by atoms with Crippen LogP contribution in [0.3, 0.4) is 0 Å². The van der Waals surface area contributed by atoms with Gasteiger partial charge in [0, 0.05) is 17.2 Å². The summed E-state index contributed by atoms with van der Waals surface area (Å²) in [5, 5.41) is 0.133. The normalized spacial score (nSPS) is 26.4. The van der Waals surface area contributed by atoms with Crippen LogP contribution in [-0.2, 0) is 31.6 Å². The standard InChI is InChI=1S/C11H14FN4O11P3/c12-7-3-5(4-24-29(20,21)27-30(22,23)26-28(18)19)25-10(7)16-2-1-6-8(16)14-11(13)15-9(6)17/h1-2,5,7,10H,3-4H2,(H5-,13,14,15,17,18,19,20,21,22,23)/p+1/t5-,7-,10+/m0/s1. The van der Waals surface area contributed by atoms with Crippen LogP contribution in [-0.4, -0.2) is 48.1 Å². The summed E-state index contributed by atoms with van der Waals surface area (Å²) in [6, 6.07) is 1.38. The molecule has 2 aromatic rings. The number of anilines is 1. The third-order valence-corrected chi connectivity index (χ3v) is 7.32. The van der Waals surface area contributed by atoms with Crippen molar-refractivity contribution in [1.29, 1.82) is 0 Å². The number of nitrogen functional groups attached to an aromatic ring is 1. The fourth-order valence-electron chi connectivity index (χ4n) is 2.75. The molecule has 166 valence electrons. The fourth-order valence-corrected chi connectivity index (χ4v) is 5.43. The predicted molar refractivity (Wildman–Crippen MR) is 95.8 cm³/mol. The van der Waals surface area contributed by atoms with Crippen LogP contribution in [0.1, 0.15) is 12.6 Å². The molecule has 1 aliphatic heterocycles. The van der Waals surface area contributed by atoms with Crippen LogP contribution < -0.4 is 11.3 Å². The van der Waals surface area contributed by atoms with Gasteiger partial charge in [-0.2, -0.15) is 9.29 Å². The molecule has 3 unspecified atom stereocenters. The zero-order valence-corrected chi connectivity index (χ0v) is 17.3. The summed E-state index contributed by atoms with van der Waals surface area (Å²) in [5.41, 5.74) is 5.01. The van der Waals surface area contributed by atoms with Gasteiger partial charge in [-0.05, 0) is 10.4 Å². The zero-order chi connectivity index (χ0) is 22.3. The maximum absolute atomic E-state index is 14.5. The number of hydrogen-bond donors (Lipinski definition) is 5. The third-order valence-electron chi connectivity index (χ3n) is 3.81. The largest absolute Gasteiger partial charge is 0.705 e. The zero-order valence-electron chi connectivity index (χ0n) is 14.6. The second-order valence-corrected chi connectivity index (χ2v) is 9.86. The van der Waals surface area contributed by atoms with Gasteiger partial charge in [0.05, 0.1) is 18.1 Å². The molecule has 0 radical (unpaired) electrons. The van der Waals surface area contributed by atoms with Gasteiger partial charge in [0.25, 0.3) is 5.56 Å². The van der Waals surface area contributed by atoms with Crippen molar-refractivity contribution in [2.75, 3.05) is 12.3 Å². The van der Waals surface area contributed by atoms with E-state index in [4.69, 9.17) is 20.3 Å². The Kier molecular flexibility index (Phi) is 6.56. The summed E-state index contributed by atoms with van der Waals surface area (Å²) in [6.07, 6.45) is -2.96. The number of nitrogens with two attached hydrogens (primary N) is 1. The molecule has 0 bridgehead atoms. The molecule has 3 rings (SSSR count). The average Bonchev–Trinajstić information content (AvgIpc) is 3.14. The Morgan fingerprint density at radius 2 is 2.13 bits per heavy atom. The van der Waals surface area contributed by atoms with Crippen LogP contribution in [0.25, 0.3) is 11.0 Å². The van der Waals surface area contributed by atoms with Crippen molar-refractivity contribution >= 4 is 40.9 Å². The molecule has 15 nitrogen and oxygen atoms in total. The summed E-state index contributed by atoms with van der Waals surface area (Å²) in [7, 11) is -14.2. The van der Waals surface area contributed by atoms with Gasteiger partial charge in [-0.15, -0.1) is 4.89 Å². The first kappa shape index (κ1) is 23.1. The van der Waals surface area contributed by atoms with Gasteiger partial charge in [-0.1, -0.05) is 0 Å². The Morgan fingerprint density at radius 1 is 1.43 bits per heavy atom. The number of H-pyrrole nitrogens is 1. The van der Waals surface area contributed by atoms with Gasteiger partial charge < -0.3 is 19.9 Å². The van der Waals surface area contributed by atoms with Gasteiger partial charge in [0.15, 0.2) is 11.9 Å². The Balaban J connectivity index is 1.67. The summed E-state index contributed by atoms with van der Waals surface area (Å²) >= 11 is 0. The molecule has 1 aliphatic rings. The fraction of sp³-hybridized carbons (Fsp3) is 0.455. The molecule has 30 heavy (non-hydrogen) atoms. The van der Waals surface area contributed by atoms with Crippen molar-refractivity contribution in [2.45, 2.75) is 24.9 Å². The van der Waals surface area contributed by atoms with E-state index in [0.29, 0.717) is 0 Å². The molecule has 0 saturated carbocycles. The van der Waals surface area contributed by atoms with E-state index in [9.17, 15) is 27.8 Å². The van der Waals surface area contributed by atoms with Crippen molar-refractivity contribution in [3.63, 3.8) is 0 Å². The molecule has 0 spiro atoms. The molecular formula is C11H15FN4O11P3+. The van der Waals surface area contributed by atoms with Gasteiger partial charge in [-0.3, -0.25) is 19.2 Å². The number of nitrogens with one attached hydrogen (secondary N) is 1. The number of halogens is 1. The second-order valence-electron chi connectivity index (χ2n) is 5.95. The highest BCUT2D eigenvalue weighted by Gasteiger charge is 2.44. The van der Waals surface area contributed by atoms with Gasteiger partial charge >= 0.3 is 23.9 Å². The number of aromatic amines is 1. The average molecular weight is 491 g/mol. The van der Waals surface area contributed by atoms with Crippen molar-refractivity contribution in [2.24, 2.45) is 0 Å². The third kappa shape index (κ3) is 5.37. The number of hydrogen-bond acceptors (Lipinski definition) is 10. The van der Waals surface area contributed by atoms with E-state index < -0.39 is 54.6 Å². The molecule has 1 fully saturated rings. The van der Waals surface area contributed by atoms with Gasteiger partial charge in [-0.25, -0.2) is 13.5 Å². The van der Waals surface area contributed by atoms with E-state index in [0.717, 1.165) is 0 Å². The number of aromatic nitrogens is 3. The molecular weight excluding hydrogens is 476 g/mol. The molecule has 0 amide bonds. The number of rotatable bonds is 8. The van der Waals surface area contributed by atoms with E-state index >= 15 is 0 Å². The SMILES string of the molecule is Nc1nc2c(ccn2[C@@H]2O[C@H](COP(=O)(O)OP(=O)(O)O[P+](=O)O)C[C@@H]2F)c(=O)[nH]1. The monoisotopic (exact) mass is 491 g/mol. The molecule has 19 heteroatoms. The first-order valence-electron chi connectivity index (χ1n) is 7.90. The van der Waals surface area contributed by atoms with E-state index in [1.165, 1.54) is 16.8 Å². The van der Waals surface area contributed by atoms with Crippen LogP contribution in [0, 0.1) is 0 Å². The Morgan fingerprint density at radius 3 is 2.80 bits per heavy atom. The lowest BCUT2D eigenvalue weighted by molar-refractivity contribution is -0.0343. The van der Waals surface area contributed by atoms with E-state index in [1.54, 1.807) is 0 Å². The highest BCUT2D eigenvalue weighted by atomic mass is 31.3. The highest BCUT2D eigenvalue weighted by Crippen LogP contribution is 2.63. The Bertz CT molecular complexity index is 1120. The molecule has 1 saturated heterocycles. The molecule has 3 heterocycles. The number of phosphoric ester groups is 1. The Hall–Kier alpha value is -1.57. The molecule has 0 aliphatic carbocycles. The lowest BCUT2D eigenvalue weighted by Crippen LogP contribution is -2.19. The summed E-state index contributed by atoms with van der Waals surface area (Å²) < 4.78 is 66.4. The highest BCUT2D eigenvalue weighted by molar-refractivity contribution is 7.64. The first-order valence-corrected chi connectivity index (χ1v) is 12.0. The number of phosphoric acid groups is 2. The number of nitrogens with zero attached hydrogens (tertiary/aromatic N) is 2. The second kappa shape index (κ2) is 8.52. The van der Waals surface area contributed by atoms with Crippen LogP contribution in [0.4, 0.5) is 10.3 Å². The van der Waals surface area contributed by atoms with E-state index in [2.05, 4.69) is 23.1 Å². The maximum atomic E-state index is 14.5. The van der Waals surface area contributed by atoms with Crippen LogP contribution in [0.2, 0.25) is 0 Å². The molecule has 2 aromatic heterocycles. The number of ether oxygens (including phenoxy) is 1. The smallest absolute Gasteiger partial charge is 0.369 e. The summed E-state index contributed by atoms with van der Waals surface area (Å²) in [6.45, 7) is -0.745. The molecule has 0 aromatic carbocycles. The first-order chi connectivity index (χ1) is 13.9. The van der Waals surface area contributed by atoms with Gasteiger partial charge in [0.2, 0.25) is 5.95 Å². The number of fused-ring (bicyclic) bond motifs is 1. The molecule has 6 N–H and O–H groups in total.